The van der Waals surface area contributed by atoms with Gasteiger partial charge in [0.05, 0.1) is 18.4 Å². The fourth-order valence-corrected chi connectivity index (χ4v) is 1.48. The third kappa shape index (κ3) is 3.35. The van der Waals surface area contributed by atoms with Crippen molar-refractivity contribution in [3.8, 4) is 0 Å². The molecule has 1 aromatic rings. The Morgan fingerprint density at radius 3 is 2.93 bits per heavy atom. The number of nitrogens with zero attached hydrogens (tertiary/aromatic N) is 1. The summed E-state index contributed by atoms with van der Waals surface area (Å²) in [5.41, 5.74) is 1.44. The molecule has 0 saturated heterocycles. The summed E-state index contributed by atoms with van der Waals surface area (Å²) in [4.78, 5) is 15.6. The highest BCUT2D eigenvalue weighted by Gasteiger charge is 2.11. The molecule has 0 spiro atoms. The molecule has 0 amide bonds. The van der Waals surface area contributed by atoms with E-state index >= 15 is 0 Å². The van der Waals surface area contributed by atoms with Gasteiger partial charge in [-0.05, 0) is 25.0 Å². The highest BCUT2D eigenvalue weighted by atomic mass is 16.5. The lowest BCUT2D eigenvalue weighted by Crippen LogP contribution is -2.07. The fraction of sp³-hybridized carbons (Fsp3) is 0.500. The summed E-state index contributed by atoms with van der Waals surface area (Å²) in [6.45, 7) is 2.15. The number of hydrogen-bond donors (Lipinski definition) is 0. The average molecular weight is 207 g/mol. The molecule has 3 nitrogen and oxygen atoms in total. The van der Waals surface area contributed by atoms with Crippen LogP contribution in [-0.4, -0.2) is 18.1 Å². The molecule has 0 fully saturated rings. The van der Waals surface area contributed by atoms with Crippen LogP contribution in [0.25, 0.3) is 0 Å². The molecule has 3 heteroatoms. The quantitative estimate of drug-likeness (QED) is 0.550. The number of hydrogen-bond acceptors (Lipinski definition) is 3. The van der Waals surface area contributed by atoms with Crippen molar-refractivity contribution in [1.29, 1.82) is 0 Å². The molecule has 1 heterocycles. The molecule has 0 N–H and O–H groups in total. The molecule has 0 radical (unpaired) electrons. The summed E-state index contributed by atoms with van der Waals surface area (Å²) >= 11 is 0. The lowest BCUT2D eigenvalue weighted by atomic mass is 10.1. The van der Waals surface area contributed by atoms with Crippen molar-refractivity contribution in [2.75, 3.05) is 7.11 Å². The maximum Gasteiger partial charge on any atom is 0.339 e. The highest BCUT2D eigenvalue weighted by Crippen LogP contribution is 2.10. The van der Waals surface area contributed by atoms with E-state index in [4.69, 9.17) is 4.74 Å². The monoisotopic (exact) mass is 207 g/mol. The Labute approximate surface area is 90.5 Å². The molecular weight excluding hydrogens is 190 g/mol. The van der Waals surface area contributed by atoms with Gasteiger partial charge in [-0.25, -0.2) is 4.79 Å². The summed E-state index contributed by atoms with van der Waals surface area (Å²) in [5.74, 6) is -0.297. The van der Waals surface area contributed by atoms with Gasteiger partial charge in [0.1, 0.15) is 0 Å². The van der Waals surface area contributed by atoms with E-state index < -0.39 is 0 Å². The number of pyridine rings is 1. The van der Waals surface area contributed by atoms with E-state index in [1.165, 1.54) is 13.5 Å². The molecule has 0 aromatic carbocycles. The van der Waals surface area contributed by atoms with Gasteiger partial charge in [-0.3, -0.25) is 4.98 Å². The van der Waals surface area contributed by atoms with E-state index in [-0.39, 0.29) is 5.97 Å². The topological polar surface area (TPSA) is 39.2 Å². The number of rotatable bonds is 5. The molecule has 0 aliphatic heterocycles. The number of ether oxygens (including phenoxy) is 1. The Bertz CT molecular complexity index is 323. The SMILES string of the molecule is CCCCCc1ncccc1C(=O)OC. The number of carbonyl (C=O) groups excluding carboxylic acids is 1. The molecule has 82 valence electrons. The molecule has 0 atom stereocenters. The molecule has 0 saturated carbocycles. The van der Waals surface area contributed by atoms with Crippen LogP contribution in [0, 0.1) is 0 Å². The molecule has 0 aliphatic carbocycles. The Kier molecular flexibility index (Phi) is 4.81. The van der Waals surface area contributed by atoms with E-state index in [2.05, 4.69) is 11.9 Å². The zero-order valence-corrected chi connectivity index (χ0v) is 9.32. The third-order valence-electron chi connectivity index (χ3n) is 2.31. The van der Waals surface area contributed by atoms with Gasteiger partial charge in [-0.2, -0.15) is 0 Å². The van der Waals surface area contributed by atoms with Gasteiger partial charge in [0, 0.05) is 6.20 Å². The minimum atomic E-state index is -0.297. The number of carbonyl (C=O) groups is 1. The van der Waals surface area contributed by atoms with E-state index in [0.717, 1.165) is 25.0 Å². The second-order valence-corrected chi connectivity index (χ2v) is 3.45. The molecule has 1 aromatic heterocycles. The van der Waals surface area contributed by atoms with Crippen LogP contribution in [0.4, 0.5) is 0 Å². The van der Waals surface area contributed by atoms with Gasteiger partial charge in [-0.1, -0.05) is 19.8 Å². The summed E-state index contributed by atoms with van der Waals surface area (Å²) < 4.78 is 4.70. The number of unbranched alkanes of at least 4 members (excludes halogenated alkanes) is 2. The van der Waals surface area contributed by atoms with E-state index in [0.29, 0.717) is 5.56 Å². The second-order valence-electron chi connectivity index (χ2n) is 3.45. The first-order valence-corrected chi connectivity index (χ1v) is 5.31. The van der Waals surface area contributed by atoms with Crippen molar-refractivity contribution in [1.82, 2.24) is 4.98 Å². The van der Waals surface area contributed by atoms with Crippen molar-refractivity contribution in [3.63, 3.8) is 0 Å². The van der Waals surface area contributed by atoms with E-state index in [1.54, 1.807) is 18.3 Å². The molecule has 0 aliphatic rings. The third-order valence-corrected chi connectivity index (χ3v) is 2.31. The highest BCUT2D eigenvalue weighted by molar-refractivity contribution is 5.90. The fourth-order valence-electron chi connectivity index (χ4n) is 1.48. The van der Waals surface area contributed by atoms with Gasteiger partial charge in [0.15, 0.2) is 0 Å². The Morgan fingerprint density at radius 1 is 1.47 bits per heavy atom. The van der Waals surface area contributed by atoms with Gasteiger partial charge >= 0.3 is 5.97 Å². The molecule has 1 rings (SSSR count). The van der Waals surface area contributed by atoms with Crippen molar-refractivity contribution >= 4 is 5.97 Å². The van der Waals surface area contributed by atoms with Crippen LogP contribution in [0.5, 0.6) is 0 Å². The Hall–Kier alpha value is -1.38. The van der Waals surface area contributed by atoms with Crippen molar-refractivity contribution in [3.05, 3.63) is 29.6 Å². The van der Waals surface area contributed by atoms with Crippen molar-refractivity contribution < 1.29 is 9.53 Å². The molecule has 0 unspecified atom stereocenters. The summed E-state index contributed by atoms with van der Waals surface area (Å²) in [7, 11) is 1.39. The van der Waals surface area contributed by atoms with Crippen molar-refractivity contribution in [2.45, 2.75) is 32.6 Å². The average Bonchev–Trinajstić information content (AvgIpc) is 2.29. The van der Waals surface area contributed by atoms with Crippen LogP contribution in [0.1, 0.15) is 42.2 Å². The number of esters is 1. The van der Waals surface area contributed by atoms with Crippen molar-refractivity contribution in [2.24, 2.45) is 0 Å². The van der Waals surface area contributed by atoms with Crippen LogP contribution in [0.3, 0.4) is 0 Å². The minimum absolute atomic E-state index is 0.297. The largest absolute Gasteiger partial charge is 0.465 e. The molecule has 15 heavy (non-hydrogen) atoms. The Balaban J connectivity index is 2.73. The molecular formula is C12H17NO2. The van der Waals surface area contributed by atoms with Crippen LogP contribution in [0.2, 0.25) is 0 Å². The zero-order valence-electron chi connectivity index (χ0n) is 9.32. The van der Waals surface area contributed by atoms with Crippen LogP contribution in [-0.2, 0) is 11.2 Å². The van der Waals surface area contributed by atoms with Crippen LogP contribution >= 0.6 is 0 Å². The number of methoxy groups -OCH3 is 1. The first-order valence-electron chi connectivity index (χ1n) is 5.31. The lowest BCUT2D eigenvalue weighted by Gasteiger charge is -2.05. The van der Waals surface area contributed by atoms with Gasteiger partial charge in [0.2, 0.25) is 0 Å². The maximum atomic E-state index is 11.4. The van der Waals surface area contributed by atoms with Crippen LogP contribution in [0.15, 0.2) is 18.3 Å². The summed E-state index contributed by atoms with van der Waals surface area (Å²) in [5, 5.41) is 0. The lowest BCUT2D eigenvalue weighted by molar-refractivity contribution is 0.0599. The normalized spacial score (nSPS) is 10.0. The van der Waals surface area contributed by atoms with Gasteiger partial charge in [0.25, 0.3) is 0 Å². The van der Waals surface area contributed by atoms with E-state index in [9.17, 15) is 4.79 Å². The van der Waals surface area contributed by atoms with Gasteiger partial charge < -0.3 is 4.74 Å². The smallest absolute Gasteiger partial charge is 0.339 e. The predicted octanol–water partition coefficient (Wildman–Crippen LogP) is 2.60. The Morgan fingerprint density at radius 2 is 2.27 bits per heavy atom. The molecule has 0 bridgehead atoms. The first-order chi connectivity index (χ1) is 7.29. The minimum Gasteiger partial charge on any atom is -0.465 e. The standard InChI is InChI=1S/C12H17NO2/c1-3-4-5-8-11-10(12(14)15-2)7-6-9-13-11/h6-7,9H,3-5,8H2,1-2H3. The van der Waals surface area contributed by atoms with E-state index in [1.807, 2.05) is 0 Å². The number of aryl methyl sites for hydroxylation is 1. The van der Waals surface area contributed by atoms with Crippen LogP contribution < -0.4 is 0 Å². The van der Waals surface area contributed by atoms with Gasteiger partial charge in [-0.15, -0.1) is 0 Å². The zero-order chi connectivity index (χ0) is 11.1. The predicted molar refractivity (Wildman–Crippen MR) is 58.8 cm³/mol. The maximum absolute atomic E-state index is 11.4. The summed E-state index contributed by atoms with van der Waals surface area (Å²) in [6.07, 6.45) is 5.96. The number of aromatic nitrogens is 1. The summed E-state index contributed by atoms with van der Waals surface area (Å²) in [6, 6.07) is 3.52. The second kappa shape index (κ2) is 6.17. The first kappa shape index (κ1) is 11.7.